The van der Waals surface area contributed by atoms with E-state index in [0.717, 1.165) is 18.6 Å². The highest BCUT2D eigenvalue weighted by molar-refractivity contribution is 7.99. The quantitative estimate of drug-likeness (QED) is 0.283. The van der Waals surface area contributed by atoms with Gasteiger partial charge in [-0.1, -0.05) is 37.2 Å². The van der Waals surface area contributed by atoms with Gasteiger partial charge in [0.2, 0.25) is 0 Å². The number of nitrogens with one attached hydrogen (secondary N) is 1. The first-order chi connectivity index (χ1) is 13.4. The summed E-state index contributed by atoms with van der Waals surface area (Å²) in [6.45, 7) is 2.22. The average molecular weight is 403 g/mol. The summed E-state index contributed by atoms with van der Waals surface area (Å²) < 4.78 is 14.5. The number of aromatic nitrogens is 4. The summed E-state index contributed by atoms with van der Waals surface area (Å²) in [7, 11) is 3.63. The van der Waals surface area contributed by atoms with Crippen molar-refractivity contribution in [2.24, 2.45) is 0 Å². The van der Waals surface area contributed by atoms with E-state index in [0.29, 0.717) is 27.7 Å². The van der Waals surface area contributed by atoms with Crippen LogP contribution in [0.3, 0.4) is 0 Å². The molecule has 9 heteroatoms. The van der Waals surface area contributed by atoms with Gasteiger partial charge in [-0.15, -0.1) is 0 Å². The fraction of sp³-hybridized carbons (Fsp3) is 0.368. The summed E-state index contributed by atoms with van der Waals surface area (Å²) in [5.41, 5.74) is 0.00113. The Morgan fingerprint density at radius 1 is 1.18 bits per heavy atom. The molecule has 0 radical (unpaired) electrons. The smallest absolute Gasteiger partial charge is 0.318 e. The number of unbranched alkanes of at least 4 members (excludes halogenated alkanes) is 1. The lowest BCUT2D eigenvalue weighted by Crippen LogP contribution is -2.37. The standard InChI is InChI=1S/C19H22FN5O2S/c1-4-5-10-28-19-22-15(24(2)3)14-16(23-19)25(18(27)17(26)21-14)11-12-6-8-13(20)9-7-12/h6-9H,4-5,10-11H2,1-3H3,(H,21,26). The van der Waals surface area contributed by atoms with Crippen molar-refractivity contribution in [3.8, 4) is 0 Å². The monoisotopic (exact) mass is 403 g/mol. The molecule has 0 aliphatic heterocycles. The number of nitrogens with zero attached hydrogens (tertiary/aromatic N) is 4. The van der Waals surface area contributed by atoms with E-state index in [-0.39, 0.29) is 12.4 Å². The normalized spacial score (nSPS) is 11.1. The Morgan fingerprint density at radius 3 is 2.54 bits per heavy atom. The summed E-state index contributed by atoms with van der Waals surface area (Å²) in [5.74, 6) is 1.04. The third-order valence-corrected chi connectivity index (χ3v) is 5.12. The molecule has 3 rings (SSSR count). The van der Waals surface area contributed by atoms with Crippen LogP contribution in [0.15, 0.2) is 39.0 Å². The number of rotatable bonds is 7. The van der Waals surface area contributed by atoms with Crippen LogP contribution in [-0.4, -0.2) is 39.4 Å². The van der Waals surface area contributed by atoms with Crippen LogP contribution in [0.25, 0.3) is 11.2 Å². The second-order valence-electron chi connectivity index (χ2n) is 6.60. The van der Waals surface area contributed by atoms with Crippen LogP contribution in [0.1, 0.15) is 25.3 Å². The van der Waals surface area contributed by atoms with E-state index < -0.39 is 11.1 Å². The predicted molar refractivity (Wildman–Crippen MR) is 110 cm³/mol. The van der Waals surface area contributed by atoms with E-state index in [1.165, 1.54) is 28.5 Å². The van der Waals surface area contributed by atoms with Crippen molar-refractivity contribution in [1.29, 1.82) is 0 Å². The highest BCUT2D eigenvalue weighted by Crippen LogP contribution is 2.24. The summed E-state index contributed by atoms with van der Waals surface area (Å²) >= 11 is 1.51. The number of halogens is 1. The fourth-order valence-corrected chi connectivity index (χ4v) is 3.64. The van der Waals surface area contributed by atoms with E-state index in [1.54, 1.807) is 17.0 Å². The molecule has 0 aliphatic carbocycles. The molecule has 0 amide bonds. The van der Waals surface area contributed by atoms with Gasteiger partial charge in [-0.3, -0.25) is 14.2 Å². The zero-order valence-electron chi connectivity index (χ0n) is 16.0. The minimum atomic E-state index is -0.743. The van der Waals surface area contributed by atoms with E-state index in [2.05, 4.69) is 21.9 Å². The number of thioether (sulfide) groups is 1. The molecule has 7 nitrogen and oxygen atoms in total. The topological polar surface area (TPSA) is 83.9 Å². The van der Waals surface area contributed by atoms with Gasteiger partial charge in [0.1, 0.15) is 11.3 Å². The summed E-state index contributed by atoms with van der Waals surface area (Å²) in [6, 6.07) is 5.81. The number of fused-ring (bicyclic) bond motifs is 1. The summed E-state index contributed by atoms with van der Waals surface area (Å²) in [5, 5.41) is 0.545. The van der Waals surface area contributed by atoms with E-state index >= 15 is 0 Å². The van der Waals surface area contributed by atoms with Crippen LogP contribution in [0.5, 0.6) is 0 Å². The molecule has 1 N–H and O–H groups in total. The minimum absolute atomic E-state index is 0.114. The first-order valence-corrected chi connectivity index (χ1v) is 9.98. The Balaban J connectivity index is 2.19. The molecular weight excluding hydrogens is 381 g/mol. The molecule has 1 aromatic carbocycles. The van der Waals surface area contributed by atoms with Crippen LogP contribution in [0.4, 0.5) is 10.2 Å². The van der Waals surface area contributed by atoms with Gasteiger partial charge in [0, 0.05) is 19.8 Å². The maximum Gasteiger partial charge on any atom is 0.318 e. The molecule has 0 fully saturated rings. The third-order valence-electron chi connectivity index (χ3n) is 4.19. The molecule has 0 unspecified atom stereocenters. The highest BCUT2D eigenvalue weighted by Gasteiger charge is 2.17. The van der Waals surface area contributed by atoms with Crippen molar-refractivity contribution < 1.29 is 4.39 Å². The number of hydrogen-bond donors (Lipinski definition) is 1. The minimum Gasteiger partial charge on any atom is -0.361 e. The van der Waals surface area contributed by atoms with Crippen molar-refractivity contribution in [1.82, 2.24) is 19.5 Å². The zero-order valence-corrected chi connectivity index (χ0v) is 16.8. The van der Waals surface area contributed by atoms with E-state index in [4.69, 9.17) is 0 Å². The average Bonchev–Trinajstić information content (AvgIpc) is 2.67. The Hall–Kier alpha value is -2.68. The Kier molecular flexibility index (Phi) is 6.13. The number of hydrogen-bond acceptors (Lipinski definition) is 6. The molecular formula is C19H22FN5O2S. The highest BCUT2D eigenvalue weighted by atomic mass is 32.2. The lowest BCUT2D eigenvalue weighted by atomic mass is 10.2. The molecule has 2 aromatic heterocycles. The molecule has 0 saturated heterocycles. The van der Waals surface area contributed by atoms with Gasteiger partial charge in [0.05, 0.1) is 6.54 Å². The number of aromatic amines is 1. The molecule has 0 aliphatic rings. The van der Waals surface area contributed by atoms with Gasteiger partial charge in [0.15, 0.2) is 16.6 Å². The SMILES string of the molecule is CCCCSc1nc(N(C)C)c2[nH]c(=O)c(=O)n(Cc3ccc(F)cc3)c2n1. The van der Waals surface area contributed by atoms with Crippen LogP contribution >= 0.6 is 11.8 Å². The van der Waals surface area contributed by atoms with Gasteiger partial charge in [0.25, 0.3) is 0 Å². The summed E-state index contributed by atoms with van der Waals surface area (Å²) in [6.07, 6.45) is 2.08. The van der Waals surface area contributed by atoms with Gasteiger partial charge in [-0.25, -0.2) is 14.4 Å². The van der Waals surface area contributed by atoms with E-state index in [9.17, 15) is 14.0 Å². The molecule has 28 heavy (non-hydrogen) atoms. The summed E-state index contributed by atoms with van der Waals surface area (Å²) in [4.78, 5) is 38.3. The largest absolute Gasteiger partial charge is 0.361 e. The van der Waals surface area contributed by atoms with Crippen molar-refractivity contribution in [3.63, 3.8) is 0 Å². The van der Waals surface area contributed by atoms with Crippen LogP contribution in [0, 0.1) is 5.82 Å². The van der Waals surface area contributed by atoms with Crippen molar-refractivity contribution >= 4 is 28.7 Å². The molecule has 3 aromatic rings. The Bertz CT molecular complexity index is 1090. The third kappa shape index (κ3) is 4.24. The predicted octanol–water partition coefficient (Wildman–Crippen LogP) is 2.63. The lowest BCUT2D eigenvalue weighted by molar-refractivity contribution is 0.626. The van der Waals surface area contributed by atoms with Gasteiger partial charge in [-0.05, 0) is 24.1 Å². The first-order valence-electron chi connectivity index (χ1n) is 9.00. The van der Waals surface area contributed by atoms with Crippen LogP contribution in [0.2, 0.25) is 0 Å². The second-order valence-corrected chi connectivity index (χ2v) is 7.66. The molecule has 2 heterocycles. The molecule has 148 valence electrons. The molecule has 0 bridgehead atoms. The maximum atomic E-state index is 13.2. The van der Waals surface area contributed by atoms with Gasteiger partial charge >= 0.3 is 11.1 Å². The lowest BCUT2D eigenvalue weighted by Gasteiger charge is -2.17. The molecule has 0 atom stereocenters. The van der Waals surface area contributed by atoms with Crippen molar-refractivity contribution in [2.75, 3.05) is 24.7 Å². The maximum absolute atomic E-state index is 13.2. The number of H-pyrrole nitrogens is 1. The zero-order chi connectivity index (χ0) is 20.3. The Labute approximate surface area is 165 Å². The van der Waals surface area contributed by atoms with Crippen LogP contribution < -0.4 is 16.0 Å². The van der Waals surface area contributed by atoms with Gasteiger partial charge in [-0.2, -0.15) is 0 Å². The molecule has 0 spiro atoms. The van der Waals surface area contributed by atoms with Gasteiger partial charge < -0.3 is 9.88 Å². The Morgan fingerprint density at radius 2 is 1.89 bits per heavy atom. The molecule has 0 saturated carbocycles. The first kappa shape index (κ1) is 20.1. The second kappa shape index (κ2) is 8.55. The van der Waals surface area contributed by atoms with Crippen molar-refractivity contribution in [3.05, 3.63) is 56.4 Å². The fourth-order valence-electron chi connectivity index (χ4n) is 2.73. The van der Waals surface area contributed by atoms with Crippen molar-refractivity contribution in [2.45, 2.75) is 31.5 Å². The van der Waals surface area contributed by atoms with Crippen LogP contribution in [-0.2, 0) is 6.54 Å². The number of anilines is 1. The van der Waals surface area contributed by atoms with E-state index in [1.807, 2.05) is 14.1 Å². The number of benzene rings is 1.